The highest BCUT2D eigenvalue weighted by Gasteiger charge is 2.50. The first-order valence-electron chi connectivity index (χ1n) is 18.9. The van der Waals surface area contributed by atoms with Gasteiger partial charge in [0, 0.05) is 13.0 Å². The molecule has 4 heterocycles. The van der Waals surface area contributed by atoms with Crippen LogP contribution in [0.1, 0.15) is 130 Å². The van der Waals surface area contributed by atoms with E-state index in [1.165, 1.54) is 17.2 Å². The van der Waals surface area contributed by atoms with Crippen LogP contribution in [0, 0.1) is 16.2 Å². The van der Waals surface area contributed by atoms with Crippen molar-refractivity contribution in [3.8, 4) is 0 Å². The normalized spacial score (nSPS) is 21.1. The standard InChI is InChI=1S/C37H57N5O14.6CH4/c1-6-36(4,33(51)53-13-12-41-11-7-8-26(41)47)19-37(5,34(52)55-17-23(46)14-43)18-35(2,3)32(50)54-16-22(45)9-10-24-27-30(39-20-38-24)42(21-40-27)31-29(49)28(48)25(15-44)56-31;;;;;;/h20-23,25,28-29,31,43-46,48-49H,6-19H2,1-5H3;6*1H4. The number of ether oxygens (including phenoxy) is 4. The van der Waals surface area contributed by atoms with Crippen molar-refractivity contribution in [3.63, 3.8) is 0 Å². The van der Waals surface area contributed by atoms with E-state index in [9.17, 15) is 49.8 Å². The van der Waals surface area contributed by atoms with Gasteiger partial charge in [-0.3, -0.25) is 23.7 Å². The molecule has 2 aromatic rings. The quantitative estimate of drug-likeness (QED) is 0.0774. The van der Waals surface area contributed by atoms with Crippen LogP contribution in [-0.2, 0) is 44.5 Å². The Kier molecular flexibility index (Phi) is 26.9. The second-order valence-corrected chi connectivity index (χ2v) is 15.9. The number of likely N-dealkylation sites (tertiary alicyclic amines) is 1. The summed E-state index contributed by atoms with van der Waals surface area (Å²) in [7, 11) is 0. The highest BCUT2D eigenvalue weighted by molar-refractivity contribution is 5.83. The molecule has 2 aliphatic rings. The van der Waals surface area contributed by atoms with Gasteiger partial charge in [0.25, 0.3) is 0 Å². The minimum absolute atomic E-state index is 0. The molecular weight excluding hydrogens is 810 g/mol. The van der Waals surface area contributed by atoms with E-state index in [1.807, 2.05) is 0 Å². The van der Waals surface area contributed by atoms with Crippen molar-refractivity contribution < 1.29 is 68.8 Å². The first kappa shape index (κ1) is 62.4. The number of aromatic nitrogens is 4. The molecule has 4 rings (SSSR count). The van der Waals surface area contributed by atoms with Gasteiger partial charge in [0.05, 0.1) is 54.1 Å². The molecule has 2 aromatic heterocycles. The third-order valence-corrected chi connectivity index (χ3v) is 10.7. The molecule has 6 N–H and O–H groups in total. The molecule has 1 amide bonds. The summed E-state index contributed by atoms with van der Waals surface area (Å²) in [4.78, 5) is 67.1. The SMILES string of the molecule is C.C.C.C.C.C.CCC(C)(CC(C)(CC(C)(C)C(=O)OCC(O)CCc1ncnc2c1ncn2C1OC(CO)C(O)C1O)C(=O)OCC(O)CO)C(=O)OCCN1CCCC1=O. The summed E-state index contributed by atoms with van der Waals surface area (Å²) in [5, 5.41) is 60.0. The molecule has 0 radical (unpaired) electrons. The fraction of sp³-hybridized carbons (Fsp3) is 0.791. The van der Waals surface area contributed by atoms with Gasteiger partial charge >= 0.3 is 17.9 Å². The number of rotatable bonds is 21. The summed E-state index contributed by atoms with van der Waals surface area (Å²) < 4.78 is 23.5. The number of esters is 3. The number of aliphatic hydroxyl groups excluding tert-OH is 6. The van der Waals surface area contributed by atoms with Crippen LogP contribution in [0.4, 0.5) is 0 Å². The molecule has 2 fully saturated rings. The molecule has 0 aliphatic carbocycles. The van der Waals surface area contributed by atoms with Crippen LogP contribution in [0.5, 0.6) is 0 Å². The highest BCUT2D eigenvalue weighted by atomic mass is 16.6. The van der Waals surface area contributed by atoms with Gasteiger partial charge < -0.3 is 54.5 Å². The zero-order valence-electron chi connectivity index (χ0n) is 32.7. The predicted octanol–water partition coefficient (Wildman–Crippen LogP) is 3.38. The predicted molar refractivity (Wildman–Crippen MR) is 234 cm³/mol. The lowest BCUT2D eigenvalue weighted by Gasteiger charge is -2.39. The number of imidazole rings is 1. The van der Waals surface area contributed by atoms with Gasteiger partial charge in [-0.2, -0.15) is 0 Å². The van der Waals surface area contributed by atoms with Gasteiger partial charge in [-0.25, -0.2) is 15.0 Å². The van der Waals surface area contributed by atoms with E-state index in [0.717, 1.165) is 6.42 Å². The number of amides is 1. The highest BCUT2D eigenvalue weighted by Crippen LogP contribution is 2.46. The average molecular weight is 892 g/mol. The van der Waals surface area contributed by atoms with Gasteiger partial charge in [0.1, 0.15) is 56.1 Å². The zero-order valence-corrected chi connectivity index (χ0v) is 32.7. The van der Waals surface area contributed by atoms with Crippen molar-refractivity contribution in [1.29, 1.82) is 0 Å². The summed E-state index contributed by atoms with van der Waals surface area (Å²) in [5.74, 6) is -2.13. The molecule has 0 spiro atoms. The molecule has 8 unspecified atom stereocenters. The number of hydrogen-bond acceptors (Lipinski definition) is 17. The smallest absolute Gasteiger partial charge is 0.311 e. The molecule has 8 atom stereocenters. The van der Waals surface area contributed by atoms with E-state index in [-0.39, 0.29) is 95.7 Å². The molecule has 0 saturated carbocycles. The summed E-state index contributed by atoms with van der Waals surface area (Å²) in [6, 6.07) is 0. The Labute approximate surface area is 369 Å². The van der Waals surface area contributed by atoms with E-state index in [1.54, 1.807) is 39.5 Å². The summed E-state index contributed by atoms with van der Waals surface area (Å²) in [5.41, 5.74) is -2.95. The minimum Gasteiger partial charge on any atom is -0.463 e. The Morgan fingerprint density at radius 3 is 2.03 bits per heavy atom. The van der Waals surface area contributed by atoms with Crippen molar-refractivity contribution in [2.75, 3.05) is 46.1 Å². The molecule has 19 nitrogen and oxygen atoms in total. The first-order valence-corrected chi connectivity index (χ1v) is 18.9. The summed E-state index contributed by atoms with van der Waals surface area (Å²) in [6.45, 7) is 6.84. The third-order valence-electron chi connectivity index (χ3n) is 10.7. The van der Waals surface area contributed by atoms with Gasteiger partial charge in [-0.1, -0.05) is 51.5 Å². The molecule has 62 heavy (non-hydrogen) atoms. The monoisotopic (exact) mass is 892 g/mol. The van der Waals surface area contributed by atoms with Crippen molar-refractivity contribution in [2.24, 2.45) is 16.2 Å². The number of aliphatic hydroxyl groups is 6. The van der Waals surface area contributed by atoms with Crippen molar-refractivity contribution in [3.05, 3.63) is 18.3 Å². The number of carbonyl (C=O) groups is 4. The van der Waals surface area contributed by atoms with Crippen molar-refractivity contribution in [1.82, 2.24) is 24.4 Å². The van der Waals surface area contributed by atoms with E-state index < -0.39 is 97.3 Å². The Hall–Kier alpha value is -3.85. The molecule has 2 saturated heterocycles. The number of nitrogens with zero attached hydrogens (tertiary/aromatic N) is 5. The fourth-order valence-corrected chi connectivity index (χ4v) is 7.35. The van der Waals surface area contributed by atoms with Crippen LogP contribution in [0.15, 0.2) is 12.7 Å². The topological polar surface area (TPSA) is 273 Å². The fourth-order valence-electron chi connectivity index (χ4n) is 7.35. The minimum atomic E-state index is -1.50. The van der Waals surface area contributed by atoms with Crippen LogP contribution >= 0.6 is 0 Å². The van der Waals surface area contributed by atoms with Crippen LogP contribution in [0.25, 0.3) is 11.2 Å². The Bertz CT molecular complexity index is 1680. The third kappa shape index (κ3) is 14.9. The molecule has 362 valence electrons. The molecule has 0 aromatic carbocycles. The van der Waals surface area contributed by atoms with Gasteiger partial charge in [-0.05, 0) is 66.2 Å². The molecule has 19 heteroatoms. The van der Waals surface area contributed by atoms with E-state index in [4.69, 9.17) is 18.9 Å². The number of aryl methyl sites for hydroxylation is 1. The largest absolute Gasteiger partial charge is 0.463 e. The van der Waals surface area contributed by atoms with E-state index >= 15 is 0 Å². The zero-order chi connectivity index (χ0) is 41.4. The lowest BCUT2D eigenvalue weighted by Crippen LogP contribution is -2.45. The average Bonchev–Trinajstić information content (AvgIpc) is 3.87. The summed E-state index contributed by atoms with van der Waals surface area (Å²) >= 11 is 0. The van der Waals surface area contributed by atoms with E-state index in [2.05, 4.69) is 15.0 Å². The summed E-state index contributed by atoms with van der Waals surface area (Å²) in [6.07, 6.45) is -3.06. The van der Waals surface area contributed by atoms with Crippen LogP contribution in [-0.4, -0.2) is 156 Å². The van der Waals surface area contributed by atoms with Gasteiger partial charge in [-0.15, -0.1) is 0 Å². The van der Waals surface area contributed by atoms with Crippen molar-refractivity contribution >= 4 is 35.0 Å². The number of carbonyl (C=O) groups excluding carboxylic acids is 4. The lowest BCUT2D eigenvalue weighted by molar-refractivity contribution is -0.171. The van der Waals surface area contributed by atoms with Crippen LogP contribution in [0.3, 0.4) is 0 Å². The number of fused-ring (bicyclic) bond motifs is 1. The number of hydrogen-bond donors (Lipinski definition) is 6. The maximum atomic E-state index is 13.7. The Balaban J connectivity index is -0.00000580. The molecular formula is C43H81N5O14. The Morgan fingerprint density at radius 1 is 0.855 bits per heavy atom. The lowest BCUT2D eigenvalue weighted by atomic mass is 9.65. The maximum Gasteiger partial charge on any atom is 0.311 e. The van der Waals surface area contributed by atoms with E-state index in [0.29, 0.717) is 29.8 Å². The van der Waals surface area contributed by atoms with Crippen LogP contribution < -0.4 is 0 Å². The van der Waals surface area contributed by atoms with Crippen LogP contribution in [0.2, 0.25) is 0 Å². The molecule has 0 bridgehead atoms. The van der Waals surface area contributed by atoms with Gasteiger partial charge in [0.15, 0.2) is 11.9 Å². The van der Waals surface area contributed by atoms with Crippen molar-refractivity contribution in [2.45, 2.75) is 161 Å². The second kappa shape index (κ2) is 26.7. The van der Waals surface area contributed by atoms with Gasteiger partial charge in [0.2, 0.25) is 5.91 Å². The second-order valence-electron chi connectivity index (χ2n) is 15.9. The first-order chi connectivity index (χ1) is 26.4. The molecule has 2 aliphatic heterocycles. The maximum absolute atomic E-state index is 13.7. The Morgan fingerprint density at radius 2 is 1.47 bits per heavy atom.